The van der Waals surface area contributed by atoms with E-state index in [-0.39, 0.29) is 23.4 Å². The van der Waals surface area contributed by atoms with Crippen molar-refractivity contribution in [2.75, 3.05) is 5.32 Å². The van der Waals surface area contributed by atoms with Gasteiger partial charge in [0.15, 0.2) is 0 Å². The van der Waals surface area contributed by atoms with Crippen molar-refractivity contribution >= 4 is 23.2 Å². The summed E-state index contributed by atoms with van der Waals surface area (Å²) in [6.45, 7) is 0. The van der Waals surface area contributed by atoms with Gasteiger partial charge < -0.3 is 15.2 Å². The Bertz CT molecular complexity index is 698. The highest BCUT2D eigenvalue weighted by molar-refractivity contribution is 6.31. The van der Waals surface area contributed by atoms with E-state index < -0.39 is 0 Å². The Morgan fingerprint density at radius 1 is 1.23 bits per heavy atom. The molecule has 3 rings (SSSR count). The Balaban J connectivity index is 1.81. The Morgan fingerprint density at radius 2 is 2.00 bits per heavy atom. The molecule has 2 N–H and O–H groups in total. The molecule has 0 atom stereocenters. The van der Waals surface area contributed by atoms with Crippen LogP contribution >= 0.6 is 11.6 Å². The standard InChI is InChI=1S/C17H16ClNO3/c18-11-8-9-15(20)14(10-11)19-17(21)13-6-1-2-7-16(13)22-12-4-3-5-12/h1-2,6-10,12,20H,3-5H2,(H,19,21). The molecule has 1 amide bonds. The molecule has 5 heteroatoms. The molecule has 4 nitrogen and oxygen atoms in total. The predicted molar refractivity (Wildman–Crippen MR) is 85.8 cm³/mol. The van der Waals surface area contributed by atoms with Gasteiger partial charge in [-0.05, 0) is 49.6 Å². The third-order valence-electron chi connectivity index (χ3n) is 3.68. The van der Waals surface area contributed by atoms with Gasteiger partial charge in [-0.15, -0.1) is 0 Å². The van der Waals surface area contributed by atoms with E-state index in [4.69, 9.17) is 16.3 Å². The van der Waals surface area contributed by atoms with Gasteiger partial charge in [0.2, 0.25) is 0 Å². The SMILES string of the molecule is O=C(Nc1cc(Cl)ccc1O)c1ccccc1OC1CCC1. The van der Waals surface area contributed by atoms with Gasteiger partial charge in [0.1, 0.15) is 11.5 Å². The van der Waals surface area contributed by atoms with E-state index in [9.17, 15) is 9.90 Å². The lowest BCUT2D eigenvalue weighted by atomic mass is 9.96. The third kappa shape index (κ3) is 3.17. The number of hydrogen-bond donors (Lipinski definition) is 2. The number of carbonyl (C=O) groups is 1. The van der Waals surface area contributed by atoms with Crippen molar-refractivity contribution in [2.24, 2.45) is 0 Å². The number of phenols is 1. The number of rotatable bonds is 4. The summed E-state index contributed by atoms with van der Waals surface area (Å²) in [6.07, 6.45) is 3.39. The second-order valence-corrected chi connectivity index (χ2v) is 5.72. The summed E-state index contributed by atoms with van der Waals surface area (Å²) in [4.78, 5) is 12.4. The van der Waals surface area contributed by atoms with E-state index >= 15 is 0 Å². The number of hydrogen-bond acceptors (Lipinski definition) is 3. The van der Waals surface area contributed by atoms with E-state index in [0.29, 0.717) is 16.3 Å². The van der Waals surface area contributed by atoms with Crippen LogP contribution in [0.4, 0.5) is 5.69 Å². The maximum atomic E-state index is 12.4. The highest BCUT2D eigenvalue weighted by atomic mass is 35.5. The summed E-state index contributed by atoms with van der Waals surface area (Å²) in [7, 11) is 0. The zero-order chi connectivity index (χ0) is 15.5. The van der Waals surface area contributed by atoms with Gasteiger partial charge in [0, 0.05) is 5.02 Å². The average molecular weight is 318 g/mol. The Kier molecular flexibility index (Phi) is 4.20. The highest BCUT2D eigenvalue weighted by Crippen LogP contribution is 2.30. The van der Waals surface area contributed by atoms with Crippen LogP contribution in [0.2, 0.25) is 5.02 Å². The summed E-state index contributed by atoms with van der Waals surface area (Å²) in [6, 6.07) is 11.6. The number of anilines is 1. The average Bonchev–Trinajstić information content (AvgIpc) is 2.47. The van der Waals surface area contributed by atoms with Gasteiger partial charge in [0.05, 0.1) is 17.4 Å². The van der Waals surface area contributed by atoms with Crippen molar-refractivity contribution in [1.82, 2.24) is 0 Å². The van der Waals surface area contributed by atoms with E-state index in [0.717, 1.165) is 19.3 Å². The van der Waals surface area contributed by atoms with Gasteiger partial charge in [-0.1, -0.05) is 23.7 Å². The molecule has 0 radical (unpaired) electrons. The van der Waals surface area contributed by atoms with Crippen LogP contribution in [0.25, 0.3) is 0 Å². The molecule has 2 aromatic rings. The van der Waals surface area contributed by atoms with Crippen molar-refractivity contribution in [3.63, 3.8) is 0 Å². The Hall–Kier alpha value is -2.20. The molecule has 0 bridgehead atoms. The van der Waals surface area contributed by atoms with E-state index in [1.807, 2.05) is 6.07 Å². The van der Waals surface area contributed by atoms with Crippen molar-refractivity contribution < 1.29 is 14.6 Å². The zero-order valence-electron chi connectivity index (χ0n) is 11.9. The number of ether oxygens (including phenoxy) is 1. The second kappa shape index (κ2) is 6.28. The second-order valence-electron chi connectivity index (χ2n) is 5.28. The Morgan fingerprint density at radius 3 is 2.73 bits per heavy atom. The molecule has 0 spiro atoms. The van der Waals surface area contributed by atoms with Crippen LogP contribution in [0.1, 0.15) is 29.6 Å². The van der Waals surface area contributed by atoms with Gasteiger partial charge >= 0.3 is 0 Å². The number of halogens is 1. The first-order valence-corrected chi connectivity index (χ1v) is 7.57. The number of phenolic OH excluding ortho intramolecular Hbond substituents is 1. The number of amides is 1. The monoisotopic (exact) mass is 317 g/mol. The lowest BCUT2D eigenvalue weighted by molar-refractivity contribution is 0.0991. The highest BCUT2D eigenvalue weighted by Gasteiger charge is 2.22. The number of benzene rings is 2. The maximum absolute atomic E-state index is 12.4. The molecule has 0 heterocycles. The molecule has 1 aliphatic carbocycles. The molecular weight excluding hydrogens is 302 g/mol. The molecule has 0 aliphatic heterocycles. The lowest BCUT2D eigenvalue weighted by Gasteiger charge is -2.27. The van der Waals surface area contributed by atoms with Gasteiger partial charge in [0.25, 0.3) is 5.91 Å². The fourth-order valence-electron chi connectivity index (χ4n) is 2.22. The van der Waals surface area contributed by atoms with E-state index in [2.05, 4.69) is 5.32 Å². The quantitative estimate of drug-likeness (QED) is 0.830. The fraction of sp³-hybridized carbons (Fsp3) is 0.235. The first-order valence-electron chi connectivity index (χ1n) is 7.19. The van der Waals surface area contributed by atoms with E-state index in [1.54, 1.807) is 24.3 Å². The molecule has 22 heavy (non-hydrogen) atoms. The smallest absolute Gasteiger partial charge is 0.259 e. The van der Waals surface area contributed by atoms with Crippen molar-refractivity contribution in [3.05, 3.63) is 53.1 Å². The summed E-state index contributed by atoms with van der Waals surface area (Å²) < 4.78 is 5.84. The summed E-state index contributed by atoms with van der Waals surface area (Å²) in [5.74, 6) is 0.189. The minimum Gasteiger partial charge on any atom is -0.506 e. The fourth-order valence-corrected chi connectivity index (χ4v) is 2.40. The molecule has 0 unspecified atom stereocenters. The molecule has 0 saturated heterocycles. The van der Waals surface area contributed by atoms with Crippen LogP contribution in [-0.4, -0.2) is 17.1 Å². The van der Waals surface area contributed by atoms with Gasteiger partial charge in [-0.25, -0.2) is 0 Å². The molecule has 1 saturated carbocycles. The van der Waals surface area contributed by atoms with Gasteiger partial charge in [-0.3, -0.25) is 4.79 Å². The number of carbonyl (C=O) groups excluding carboxylic acids is 1. The van der Waals surface area contributed by atoms with Crippen molar-refractivity contribution in [3.8, 4) is 11.5 Å². The minimum atomic E-state index is -0.340. The third-order valence-corrected chi connectivity index (χ3v) is 3.92. The molecule has 0 aromatic heterocycles. The molecule has 1 fully saturated rings. The number of nitrogens with one attached hydrogen (secondary N) is 1. The summed E-state index contributed by atoms with van der Waals surface area (Å²) in [5, 5.41) is 12.9. The normalized spacial score (nSPS) is 14.2. The van der Waals surface area contributed by atoms with Crippen molar-refractivity contribution in [2.45, 2.75) is 25.4 Å². The van der Waals surface area contributed by atoms with Crippen LogP contribution < -0.4 is 10.1 Å². The molecular formula is C17H16ClNO3. The van der Waals surface area contributed by atoms with E-state index in [1.165, 1.54) is 12.1 Å². The first-order chi connectivity index (χ1) is 10.6. The van der Waals surface area contributed by atoms with Crippen LogP contribution in [0.5, 0.6) is 11.5 Å². The molecule has 1 aliphatic rings. The molecule has 114 valence electrons. The van der Waals surface area contributed by atoms with Gasteiger partial charge in [-0.2, -0.15) is 0 Å². The topological polar surface area (TPSA) is 58.6 Å². The number of aromatic hydroxyl groups is 1. The van der Waals surface area contributed by atoms with Crippen LogP contribution in [0.15, 0.2) is 42.5 Å². The van der Waals surface area contributed by atoms with Crippen LogP contribution in [-0.2, 0) is 0 Å². The minimum absolute atomic E-state index is 0.0323. The summed E-state index contributed by atoms with van der Waals surface area (Å²) >= 11 is 5.89. The zero-order valence-corrected chi connectivity index (χ0v) is 12.6. The molecule has 2 aromatic carbocycles. The largest absolute Gasteiger partial charge is 0.506 e. The lowest BCUT2D eigenvalue weighted by Crippen LogP contribution is -2.26. The first kappa shape index (κ1) is 14.7. The van der Waals surface area contributed by atoms with Crippen LogP contribution in [0, 0.1) is 0 Å². The summed E-state index contributed by atoms with van der Waals surface area (Å²) in [5.41, 5.74) is 0.713. The number of para-hydroxylation sites is 1. The van der Waals surface area contributed by atoms with Crippen LogP contribution in [0.3, 0.4) is 0 Å². The predicted octanol–water partition coefficient (Wildman–Crippen LogP) is 4.23. The Labute approximate surface area is 133 Å². The van der Waals surface area contributed by atoms with Crippen molar-refractivity contribution in [1.29, 1.82) is 0 Å². The maximum Gasteiger partial charge on any atom is 0.259 e.